The molecular weight excluding hydrogens is 365 g/mol. The zero-order chi connectivity index (χ0) is 18.1. The lowest BCUT2D eigenvalue weighted by molar-refractivity contribution is -0.117. The monoisotopic (exact) mass is 382 g/mol. The van der Waals surface area contributed by atoms with Gasteiger partial charge in [0.1, 0.15) is 11.0 Å². The molecule has 0 bridgehead atoms. The van der Waals surface area contributed by atoms with Crippen molar-refractivity contribution in [3.05, 3.63) is 22.8 Å². The lowest BCUT2D eigenvalue weighted by atomic mass is 9.76. The predicted octanol–water partition coefficient (Wildman–Crippen LogP) is 3.00. The molecular formula is C17H17F3N4OS. The highest BCUT2D eigenvalue weighted by Gasteiger charge is 2.50. The van der Waals surface area contributed by atoms with Crippen LogP contribution in [-0.2, 0) is 6.42 Å². The van der Waals surface area contributed by atoms with Crippen molar-refractivity contribution in [1.29, 1.82) is 0 Å². The fourth-order valence-electron chi connectivity index (χ4n) is 4.30. The summed E-state index contributed by atoms with van der Waals surface area (Å²) in [6, 6.07) is -0.378. The molecule has 26 heavy (non-hydrogen) atoms. The second-order valence-electron chi connectivity index (χ2n) is 7.39. The van der Waals surface area contributed by atoms with Crippen molar-refractivity contribution in [2.45, 2.75) is 37.4 Å². The Balaban J connectivity index is 1.54. The fraction of sp³-hybridized carbons (Fsp3) is 0.529. The molecule has 0 spiro atoms. The van der Waals surface area contributed by atoms with Crippen molar-refractivity contribution in [3.63, 3.8) is 0 Å². The van der Waals surface area contributed by atoms with Gasteiger partial charge in [-0.05, 0) is 11.5 Å². The van der Waals surface area contributed by atoms with Crippen LogP contribution in [0.25, 0.3) is 10.4 Å². The summed E-state index contributed by atoms with van der Waals surface area (Å²) < 4.78 is 41.0. The third-order valence-corrected chi connectivity index (χ3v) is 6.80. The van der Waals surface area contributed by atoms with Crippen LogP contribution < -0.4 is 10.2 Å². The predicted molar refractivity (Wildman–Crippen MR) is 91.6 cm³/mol. The number of aromatic amines is 1. The molecule has 0 aromatic carbocycles. The molecule has 9 heteroatoms. The van der Waals surface area contributed by atoms with Gasteiger partial charge >= 0.3 is 0 Å². The molecule has 5 rings (SSSR count). The van der Waals surface area contributed by atoms with Crippen LogP contribution in [0, 0.1) is 5.92 Å². The summed E-state index contributed by atoms with van der Waals surface area (Å²) in [4.78, 5) is 16.1. The van der Waals surface area contributed by atoms with E-state index in [2.05, 4.69) is 15.5 Å². The smallest absolute Gasteiger partial charge is 0.263 e. The van der Waals surface area contributed by atoms with Gasteiger partial charge in [-0.25, -0.2) is 13.2 Å². The minimum absolute atomic E-state index is 0.191. The van der Waals surface area contributed by atoms with Crippen LogP contribution in [0.5, 0.6) is 0 Å². The number of aromatic nitrogens is 2. The van der Waals surface area contributed by atoms with Gasteiger partial charge in [-0.2, -0.15) is 5.10 Å². The van der Waals surface area contributed by atoms with Gasteiger partial charge in [0, 0.05) is 55.0 Å². The minimum Gasteiger partial charge on any atom is -0.365 e. The average Bonchev–Trinajstić information content (AvgIpc) is 3.15. The summed E-state index contributed by atoms with van der Waals surface area (Å²) in [5.74, 6) is -3.16. The maximum absolute atomic E-state index is 14.4. The van der Waals surface area contributed by atoms with Crippen LogP contribution in [-0.4, -0.2) is 47.3 Å². The second kappa shape index (κ2) is 5.48. The van der Waals surface area contributed by atoms with E-state index >= 15 is 0 Å². The Morgan fingerprint density at radius 3 is 2.77 bits per heavy atom. The first-order chi connectivity index (χ1) is 12.4. The highest BCUT2D eigenvalue weighted by atomic mass is 32.1. The lowest BCUT2D eigenvalue weighted by Crippen LogP contribution is -2.53. The third-order valence-electron chi connectivity index (χ3n) is 5.53. The van der Waals surface area contributed by atoms with E-state index in [-0.39, 0.29) is 43.7 Å². The van der Waals surface area contributed by atoms with Crippen LogP contribution in [0.3, 0.4) is 0 Å². The number of carbonyl (C=O) groups is 1. The number of anilines is 1. The number of hydrogen-bond donors (Lipinski definition) is 2. The van der Waals surface area contributed by atoms with Crippen molar-refractivity contribution in [2.75, 3.05) is 18.0 Å². The molecule has 2 unspecified atom stereocenters. The van der Waals surface area contributed by atoms with Crippen molar-refractivity contribution in [3.8, 4) is 10.4 Å². The molecule has 2 aromatic heterocycles. The van der Waals surface area contributed by atoms with Crippen LogP contribution >= 0.6 is 11.3 Å². The maximum atomic E-state index is 14.4. The molecule has 0 saturated heterocycles. The molecule has 5 nitrogen and oxygen atoms in total. The molecule has 138 valence electrons. The van der Waals surface area contributed by atoms with Crippen LogP contribution in [0.2, 0.25) is 0 Å². The molecule has 2 N–H and O–H groups in total. The first kappa shape index (κ1) is 16.2. The number of nitrogens with one attached hydrogen (secondary N) is 2. The van der Waals surface area contributed by atoms with Gasteiger partial charge in [0.25, 0.3) is 5.91 Å². The maximum Gasteiger partial charge on any atom is 0.263 e. The third kappa shape index (κ3) is 2.44. The Hall–Kier alpha value is -2.03. The van der Waals surface area contributed by atoms with Crippen LogP contribution in [0.4, 0.5) is 18.9 Å². The molecule has 2 aliphatic heterocycles. The number of hydrogen-bond acceptors (Lipinski definition) is 4. The van der Waals surface area contributed by atoms with Gasteiger partial charge in [0.05, 0.1) is 11.9 Å². The standard InChI is InChI=1S/C17H17F3N4OS/c18-10-1-11-13-15(26-14(11)9-4-21-22-5-9)16(25)23-12(7-24(13)6-10)8-2-17(19,20)3-8/h4-5,8,10,12H,1-3,6-7H2,(H,21,22)(H,23,25). The minimum atomic E-state index is -2.64. The van der Waals surface area contributed by atoms with E-state index in [0.717, 1.165) is 21.7 Å². The molecule has 1 aliphatic carbocycles. The molecule has 1 amide bonds. The van der Waals surface area contributed by atoms with E-state index in [1.165, 1.54) is 11.3 Å². The lowest BCUT2D eigenvalue weighted by Gasteiger charge is -2.42. The van der Waals surface area contributed by atoms with Crippen molar-refractivity contribution < 1.29 is 18.0 Å². The highest BCUT2D eigenvalue weighted by Crippen LogP contribution is 2.48. The van der Waals surface area contributed by atoms with Gasteiger partial charge in [-0.15, -0.1) is 11.3 Å². The van der Waals surface area contributed by atoms with Crippen molar-refractivity contribution >= 4 is 22.9 Å². The Bertz CT molecular complexity index is 858. The number of alkyl halides is 3. The first-order valence-corrected chi connectivity index (χ1v) is 9.45. The second-order valence-corrected chi connectivity index (χ2v) is 8.41. The number of amides is 1. The summed E-state index contributed by atoms with van der Waals surface area (Å²) in [6.07, 6.45) is 2.16. The molecule has 1 saturated carbocycles. The number of rotatable bonds is 2. The zero-order valence-corrected chi connectivity index (χ0v) is 14.6. The van der Waals surface area contributed by atoms with E-state index in [4.69, 9.17) is 0 Å². The van der Waals surface area contributed by atoms with E-state index in [1.807, 2.05) is 4.90 Å². The number of carbonyl (C=O) groups excluding carboxylic acids is 1. The zero-order valence-electron chi connectivity index (χ0n) is 13.8. The van der Waals surface area contributed by atoms with Crippen molar-refractivity contribution in [2.24, 2.45) is 5.92 Å². The summed E-state index contributed by atoms with van der Waals surface area (Å²) in [7, 11) is 0. The molecule has 1 fully saturated rings. The fourth-order valence-corrected chi connectivity index (χ4v) is 5.54. The van der Waals surface area contributed by atoms with Gasteiger partial charge in [0.2, 0.25) is 5.92 Å². The number of thiophene rings is 1. The van der Waals surface area contributed by atoms with Crippen molar-refractivity contribution in [1.82, 2.24) is 15.5 Å². The number of H-pyrrole nitrogens is 1. The normalized spacial score (nSPS) is 27.5. The summed E-state index contributed by atoms with van der Waals surface area (Å²) in [5, 5.41) is 9.61. The molecule has 0 radical (unpaired) electrons. The number of nitrogens with zero attached hydrogens (tertiary/aromatic N) is 2. The van der Waals surface area contributed by atoms with Crippen LogP contribution in [0.1, 0.15) is 28.1 Å². The van der Waals surface area contributed by atoms with Gasteiger partial charge in [-0.1, -0.05) is 0 Å². The average molecular weight is 382 g/mol. The topological polar surface area (TPSA) is 61.0 Å². The SMILES string of the molecule is O=C1NC(C2CC(F)(F)C2)CN2CC(F)Cc3c(-c4cn[nH]c4)sc1c32. The highest BCUT2D eigenvalue weighted by molar-refractivity contribution is 7.18. The van der Waals surface area contributed by atoms with Gasteiger partial charge in [-0.3, -0.25) is 9.89 Å². The van der Waals surface area contributed by atoms with Gasteiger partial charge < -0.3 is 10.2 Å². The van der Waals surface area contributed by atoms with E-state index < -0.39 is 12.1 Å². The van der Waals surface area contributed by atoms with Crippen LogP contribution in [0.15, 0.2) is 12.4 Å². The van der Waals surface area contributed by atoms with E-state index in [0.29, 0.717) is 11.4 Å². The first-order valence-electron chi connectivity index (χ1n) is 8.64. The quantitative estimate of drug-likeness (QED) is 0.840. The summed E-state index contributed by atoms with van der Waals surface area (Å²) in [6.45, 7) is 0.560. The van der Waals surface area contributed by atoms with E-state index in [1.54, 1.807) is 12.4 Å². The Morgan fingerprint density at radius 2 is 2.08 bits per heavy atom. The summed E-state index contributed by atoms with van der Waals surface area (Å²) in [5.41, 5.74) is 2.42. The molecule has 4 heterocycles. The summed E-state index contributed by atoms with van der Waals surface area (Å²) >= 11 is 1.32. The Kier molecular flexibility index (Phi) is 3.41. The number of halogens is 3. The largest absolute Gasteiger partial charge is 0.365 e. The Morgan fingerprint density at radius 1 is 1.27 bits per heavy atom. The molecule has 3 aliphatic rings. The molecule has 2 atom stereocenters. The Labute approximate surface area is 151 Å². The van der Waals surface area contributed by atoms with Gasteiger partial charge in [0.15, 0.2) is 0 Å². The van der Waals surface area contributed by atoms with E-state index in [9.17, 15) is 18.0 Å². The molecule has 2 aromatic rings.